The molecular formula is C39H54N3W-. The zero-order valence-electron chi connectivity index (χ0n) is 27.2. The van der Waals surface area contributed by atoms with Crippen LogP contribution in [0.1, 0.15) is 114 Å². The van der Waals surface area contributed by atoms with Crippen LogP contribution in [0.3, 0.4) is 0 Å². The van der Waals surface area contributed by atoms with E-state index < -0.39 is 0 Å². The molecular weight excluding hydrogens is 694 g/mol. The minimum atomic E-state index is 0.360. The van der Waals surface area contributed by atoms with Gasteiger partial charge >= 0.3 is 30.7 Å². The number of hydrogen-bond acceptors (Lipinski definition) is 3. The Hall–Kier alpha value is -2.38. The molecule has 43 heavy (non-hydrogen) atoms. The second-order valence-electron chi connectivity index (χ2n) is 13.1. The summed E-state index contributed by atoms with van der Waals surface area (Å²) in [6, 6.07) is 16.3. The predicted molar refractivity (Wildman–Crippen MR) is 184 cm³/mol. The third-order valence-electron chi connectivity index (χ3n) is 10.7. The third-order valence-corrected chi connectivity index (χ3v) is 10.7. The molecule has 0 amide bonds. The molecule has 2 aromatic carbocycles. The quantitative estimate of drug-likeness (QED) is 0.194. The number of nitrogens with zero attached hydrogens (tertiary/aromatic N) is 2. The summed E-state index contributed by atoms with van der Waals surface area (Å²) in [6.07, 6.45) is 19.1. The van der Waals surface area contributed by atoms with Crippen molar-refractivity contribution < 1.29 is 19.4 Å². The number of aryl methyl sites for hydroxylation is 2. The van der Waals surface area contributed by atoms with Crippen LogP contribution < -0.4 is 10.6 Å². The van der Waals surface area contributed by atoms with Crippen LogP contribution in [-0.4, -0.2) is 17.2 Å². The molecule has 0 unspecified atom stereocenters. The number of anilines is 1. The van der Waals surface area contributed by atoms with Crippen molar-refractivity contribution in [2.45, 2.75) is 110 Å². The fourth-order valence-corrected chi connectivity index (χ4v) is 7.93. The molecule has 0 radical (unpaired) electrons. The van der Waals surface area contributed by atoms with Crippen LogP contribution in [0, 0.1) is 24.8 Å². The second-order valence-corrected chi connectivity index (χ2v) is 14.8. The number of aliphatic imine (C=N–C) groups is 1. The van der Waals surface area contributed by atoms with Crippen molar-refractivity contribution in [1.82, 2.24) is 0 Å². The van der Waals surface area contributed by atoms with Gasteiger partial charge in [-0.2, -0.15) is 6.54 Å². The summed E-state index contributed by atoms with van der Waals surface area (Å²) in [5.41, 5.74) is 16.0. The van der Waals surface area contributed by atoms with Crippen molar-refractivity contribution in [1.29, 1.82) is 0 Å². The van der Waals surface area contributed by atoms with E-state index in [2.05, 4.69) is 70.6 Å². The van der Waals surface area contributed by atoms with Gasteiger partial charge in [-0.1, -0.05) is 75.6 Å². The first-order valence-electron chi connectivity index (χ1n) is 16.6. The number of nitrogens with two attached hydrogens (primary N) is 1. The van der Waals surface area contributed by atoms with Crippen molar-refractivity contribution in [3.63, 3.8) is 0 Å². The number of allylic oxidation sites excluding steroid dienone is 2. The Morgan fingerprint density at radius 2 is 1.74 bits per heavy atom. The molecule has 4 fully saturated rings. The van der Waals surface area contributed by atoms with E-state index in [4.69, 9.17) is 12.3 Å². The normalized spacial score (nSPS) is 23.9. The van der Waals surface area contributed by atoms with Crippen LogP contribution >= 0.6 is 0 Å². The van der Waals surface area contributed by atoms with Crippen LogP contribution in [0.15, 0.2) is 65.9 Å². The Morgan fingerprint density at radius 1 is 1.07 bits per heavy atom. The molecule has 4 aliphatic carbocycles. The van der Waals surface area contributed by atoms with E-state index >= 15 is 0 Å². The zero-order valence-corrected chi connectivity index (χ0v) is 30.1. The van der Waals surface area contributed by atoms with Gasteiger partial charge in [0, 0.05) is 17.9 Å². The number of benzene rings is 2. The number of hydrogen-bond donors (Lipinski definition) is 1. The van der Waals surface area contributed by atoms with Gasteiger partial charge in [-0.05, 0) is 122 Å². The maximum atomic E-state index is 6.03. The summed E-state index contributed by atoms with van der Waals surface area (Å²) >= 11 is 1.55. The van der Waals surface area contributed by atoms with Crippen molar-refractivity contribution in [2.75, 3.05) is 11.4 Å². The van der Waals surface area contributed by atoms with Gasteiger partial charge in [-0.25, -0.2) is 0 Å². The molecule has 0 atom stereocenters. The van der Waals surface area contributed by atoms with E-state index in [0.29, 0.717) is 16.7 Å². The first-order valence-corrected chi connectivity index (χ1v) is 18.3. The van der Waals surface area contributed by atoms with E-state index in [1.807, 2.05) is 20.1 Å². The molecule has 3 nitrogen and oxygen atoms in total. The molecule has 4 heteroatoms. The molecule has 0 heterocycles. The van der Waals surface area contributed by atoms with Gasteiger partial charge < -0.3 is 15.6 Å². The minimum absolute atomic E-state index is 0.360. The third kappa shape index (κ3) is 7.83. The fourth-order valence-electron chi connectivity index (χ4n) is 7.93. The molecule has 4 aliphatic rings. The molecule has 232 valence electrons. The average molecular weight is 749 g/mol. The second kappa shape index (κ2) is 15.6. The van der Waals surface area contributed by atoms with Crippen LogP contribution in [0.5, 0.6) is 0 Å². The molecule has 6 rings (SSSR count). The van der Waals surface area contributed by atoms with Crippen molar-refractivity contribution in [2.24, 2.45) is 22.1 Å². The van der Waals surface area contributed by atoms with Crippen LogP contribution in [0.4, 0.5) is 5.69 Å². The molecule has 0 aromatic heterocycles. The zero-order chi connectivity index (χ0) is 30.9. The topological polar surface area (TPSA) is 41.6 Å². The Kier molecular flexibility index (Phi) is 12.1. The van der Waals surface area contributed by atoms with E-state index in [0.717, 1.165) is 24.1 Å². The van der Waals surface area contributed by atoms with Crippen LogP contribution in [0.25, 0.3) is 5.57 Å². The Morgan fingerprint density at radius 3 is 2.33 bits per heavy atom. The van der Waals surface area contributed by atoms with Gasteiger partial charge in [0.1, 0.15) is 0 Å². The summed E-state index contributed by atoms with van der Waals surface area (Å²) in [4.78, 5) is 6.96. The summed E-state index contributed by atoms with van der Waals surface area (Å²) in [5, 5.41) is 0. The summed E-state index contributed by atoms with van der Waals surface area (Å²) < 4.78 is 2.08. The van der Waals surface area contributed by atoms with Gasteiger partial charge in [0.2, 0.25) is 0 Å². The average Bonchev–Trinajstić information content (AvgIpc) is 3.05. The molecule has 0 saturated heterocycles. The Balaban J connectivity index is 0.00000135. The Bertz CT molecular complexity index is 1270. The molecule has 2 N–H and O–H groups in total. The monoisotopic (exact) mass is 748 g/mol. The molecule has 4 saturated carbocycles. The van der Waals surface area contributed by atoms with Gasteiger partial charge in [-0.15, -0.1) is 6.21 Å². The van der Waals surface area contributed by atoms with Crippen molar-refractivity contribution in [3.05, 3.63) is 89.7 Å². The maximum absolute atomic E-state index is 6.03. The SMILES string of the molecule is C=C(C1CCCCC1)N(CC12CCC(c3ccc(CC)c(C)c3)(CC1)CC2)c1cccc(/C(C=N[CH-]C)=C/N)c1.C[CH]=[W]. The Labute approximate surface area is 273 Å². The fraction of sp³-hybridized carbons (Fsp3) is 0.513. The standard InChI is InChI=1S/C37H50N3.C2H4.W/c1-5-30-15-16-34(23-28(30)3)37-20-17-36(18-21-37,19-22-37)27-40(29(4)31-11-8-7-9-12-31)35-14-10-13-32(24-35)33(25-38)26-39-6-2;1-2;/h6,10,13-16,23-26,31H,4-5,7-9,11-12,17-22,27,38H2,1-3H3;1H,2H3;/q-1;;/b33-25+,39-26?;;. The van der Waals surface area contributed by atoms with Gasteiger partial charge in [0.15, 0.2) is 0 Å². The van der Waals surface area contributed by atoms with Gasteiger partial charge in [0.05, 0.1) is 0 Å². The summed E-state index contributed by atoms with van der Waals surface area (Å²) in [7, 11) is 0. The van der Waals surface area contributed by atoms with Gasteiger partial charge in [0.25, 0.3) is 0 Å². The number of fused-ring (bicyclic) bond motifs is 3. The van der Waals surface area contributed by atoms with E-state index in [1.165, 1.54) is 93.1 Å². The first-order chi connectivity index (χ1) is 20.8. The predicted octanol–water partition coefficient (Wildman–Crippen LogP) is 9.66. The molecule has 0 spiro atoms. The first kappa shape index (κ1) is 33.5. The van der Waals surface area contributed by atoms with Crippen molar-refractivity contribution >= 4 is 21.9 Å². The van der Waals surface area contributed by atoms with Gasteiger partial charge in [-0.3, -0.25) is 0 Å². The van der Waals surface area contributed by atoms with E-state index in [1.54, 1.807) is 37.7 Å². The van der Waals surface area contributed by atoms with E-state index in [-0.39, 0.29) is 0 Å². The molecule has 0 aliphatic heterocycles. The number of rotatable bonds is 10. The molecule has 2 aromatic rings. The van der Waals surface area contributed by atoms with Crippen LogP contribution in [0.2, 0.25) is 0 Å². The van der Waals surface area contributed by atoms with Crippen LogP contribution in [-0.2, 0) is 31.2 Å². The summed E-state index contributed by atoms with van der Waals surface area (Å²) in [5.74, 6) is 0.584. The van der Waals surface area contributed by atoms with E-state index in [9.17, 15) is 0 Å². The van der Waals surface area contributed by atoms with Crippen molar-refractivity contribution in [3.8, 4) is 0 Å². The molecule has 2 bridgehead atoms. The summed E-state index contributed by atoms with van der Waals surface area (Å²) in [6.45, 7) is 16.2.